The number of nitrogens with zero attached hydrogens (tertiary/aromatic N) is 2. The Morgan fingerprint density at radius 2 is 2.00 bits per heavy atom. The van der Waals surface area contributed by atoms with Crippen LogP contribution in [0.2, 0.25) is 0 Å². The highest BCUT2D eigenvalue weighted by Gasteiger charge is 2.39. The van der Waals surface area contributed by atoms with Gasteiger partial charge in [-0.1, -0.05) is 40.5 Å². The summed E-state index contributed by atoms with van der Waals surface area (Å²) in [5.74, 6) is 0.863. The predicted molar refractivity (Wildman–Crippen MR) is 71.6 cm³/mol. The second kappa shape index (κ2) is 6.61. The van der Waals surface area contributed by atoms with Crippen molar-refractivity contribution >= 4 is 0 Å². The van der Waals surface area contributed by atoms with Gasteiger partial charge in [0.2, 0.25) is 0 Å². The molecule has 96 valence electrons. The summed E-state index contributed by atoms with van der Waals surface area (Å²) in [6, 6.07) is 0.868. The van der Waals surface area contributed by atoms with Crippen LogP contribution in [0.15, 0.2) is 0 Å². The van der Waals surface area contributed by atoms with Crippen molar-refractivity contribution in [3.63, 3.8) is 0 Å². The molecular formula is C14H30N2. The minimum atomic E-state index is 0.691. The Morgan fingerprint density at radius 3 is 2.44 bits per heavy atom. The molecule has 0 aromatic heterocycles. The van der Waals surface area contributed by atoms with Crippen molar-refractivity contribution in [2.45, 2.75) is 65.6 Å². The van der Waals surface area contributed by atoms with Crippen molar-refractivity contribution in [2.75, 3.05) is 20.1 Å². The Balaban J connectivity index is 2.45. The average molecular weight is 226 g/mol. The molecule has 1 heterocycles. The summed E-state index contributed by atoms with van der Waals surface area (Å²) in [7, 11) is 2.27. The quantitative estimate of drug-likeness (QED) is 0.586. The fraction of sp³-hybridized carbons (Fsp3) is 1.00. The maximum Gasteiger partial charge on any atom is 0.0625 e. The van der Waals surface area contributed by atoms with Gasteiger partial charge in [-0.2, -0.15) is 0 Å². The molecule has 0 spiro atoms. The summed E-state index contributed by atoms with van der Waals surface area (Å²) in [6.07, 6.45) is 6.04. The van der Waals surface area contributed by atoms with Gasteiger partial charge < -0.3 is 0 Å². The van der Waals surface area contributed by atoms with E-state index in [2.05, 4.69) is 44.5 Å². The first-order valence-corrected chi connectivity index (χ1v) is 7.09. The van der Waals surface area contributed by atoms with Crippen molar-refractivity contribution in [2.24, 2.45) is 5.92 Å². The van der Waals surface area contributed by atoms with Gasteiger partial charge >= 0.3 is 0 Å². The van der Waals surface area contributed by atoms with Crippen LogP contribution < -0.4 is 0 Å². The van der Waals surface area contributed by atoms with Crippen LogP contribution in [0.4, 0.5) is 0 Å². The van der Waals surface area contributed by atoms with Crippen molar-refractivity contribution < 1.29 is 0 Å². The zero-order chi connectivity index (χ0) is 12.1. The molecular weight excluding hydrogens is 196 g/mol. The average Bonchev–Trinajstić information content (AvgIpc) is 3.04. The highest BCUT2D eigenvalue weighted by Crippen LogP contribution is 2.29. The molecule has 0 N–H and O–H groups in total. The van der Waals surface area contributed by atoms with Crippen LogP contribution in [-0.4, -0.2) is 42.1 Å². The van der Waals surface area contributed by atoms with E-state index in [0.29, 0.717) is 6.17 Å². The van der Waals surface area contributed by atoms with Crippen molar-refractivity contribution in [3.05, 3.63) is 0 Å². The third-order valence-electron chi connectivity index (χ3n) is 4.01. The smallest absolute Gasteiger partial charge is 0.0625 e. The fourth-order valence-corrected chi connectivity index (χ4v) is 2.67. The summed E-state index contributed by atoms with van der Waals surface area (Å²) in [5, 5.41) is 0. The molecule has 0 amide bonds. The third kappa shape index (κ3) is 3.74. The van der Waals surface area contributed by atoms with Gasteiger partial charge in [-0.15, -0.1) is 0 Å². The molecule has 1 saturated heterocycles. The Hall–Kier alpha value is -0.0800. The standard InChI is InChI=1S/C14H30N2/c1-6-9-12(4)10-14(15(5)8-3)16-11-13(16)7-2/h12-14H,6-11H2,1-5H3. The zero-order valence-electron chi connectivity index (χ0n) is 11.9. The predicted octanol–water partition coefficient (Wildman–Crippen LogP) is 3.18. The van der Waals surface area contributed by atoms with E-state index in [1.165, 1.54) is 32.2 Å². The van der Waals surface area contributed by atoms with Crippen LogP contribution in [-0.2, 0) is 0 Å². The van der Waals surface area contributed by atoms with Crippen LogP contribution in [0, 0.1) is 5.92 Å². The van der Waals surface area contributed by atoms with Gasteiger partial charge in [0.15, 0.2) is 0 Å². The van der Waals surface area contributed by atoms with Gasteiger partial charge in [0.1, 0.15) is 0 Å². The minimum Gasteiger partial charge on any atom is -0.291 e. The Morgan fingerprint density at radius 1 is 1.31 bits per heavy atom. The summed E-state index contributed by atoms with van der Waals surface area (Å²) in [4.78, 5) is 5.19. The zero-order valence-corrected chi connectivity index (χ0v) is 11.9. The van der Waals surface area contributed by atoms with E-state index in [0.717, 1.165) is 18.5 Å². The molecule has 4 atom stereocenters. The molecule has 1 aliphatic rings. The van der Waals surface area contributed by atoms with Crippen LogP contribution in [0.5, 0.6) is 0 Å². The second-order valence-electron chi connectivity index (χ2n) is 5.44. The van der Waals surface area contributed by atoms with Crippen LogP contribution in [0.25, 0.3) is 0 Å². The van der Waals surface area contributed by atoms with Crippen LogP contribution in [0.1, 0.15) is 53.4 Å². The van der Waals surface area contributed by atoms with Gasteiger partial charge in [-0.25, -0.2) is 0 Å². The summed E-state index contributed by atoms with van der Waals surface area (Å²) >= 11 is 0. The van der Waals surface area contributed by atoms with E-state index in [1.54, 1.807) is 0 Å². The van der Waals surface area contributed by atoms with Gasteiger partial charge in [0, 0.05) is 12.6 Å². The van der Waals surface area contributed by atoms with Crippen LogP contribution >= 0.6 is 0 Å². The molecule has 0 aromatic carbocycles. The molecule has 4 unspecified atom stereocenters. The number of hydrogen-bond acceptors (Lipinski definition) is 2. The maximum atomic E-state index is 2.68. The highest BCUT2D eigenvalue weighted by molar-refractivity contribution is 4.93. The highest BCUT2D eigenvalue weighted by atomic mass is 15.4. The minimum absolute atomic E-state index is 0.691. The SMILES string of the molecule is CCCC(C)CC(N(C)CC)N1CC1CC. The topological polar surface area (TPSA) is 6.25 Å². The van der Waals surface area contributed by atoms with E-state index in [-0.39, 0.29) is 0 Å². The first kappa shape index (κ1) is 14.0. The number of rotatable bonds is 8. The molecule has 0 aliphatic carbocycles. The van der Waals surface area contributed by atoms with Crippen molar-refractivity contribution in [1.29, 1.82) is 0 Å². The molecule has 2 heteroatoms. The molecule has 2 nitrogen and oxygen atoms in total. The van der Waals surface area contributed by atoms with Gasteiger partial charge in [-0.05, 0) is 32.4 Å². The second-order valence-corrected chi connectivity index (χ2v) is 5.44. The van der Waals surface area contributed by atoms with E-state index < -0.39 is 0 Å². The lowest BCUT2D eigenvalue weighted by molar-refractivity contribution is 0.117. The molecule has 1 fully saturated rings. The molecule has 1 aliphatic heterocycles. The molecule has 0 bridgehead atoms. The molecule has 1 rings (SSSR count). The Kier molecular flexibility index (Phi) is 5.77. The number of hydrogen-bond donors (Lipinski definition) is 0. The lowest BCUT2D eigenvalue weighted by Crippen LogP contribution is -2.39. The van der Waals surface area contributed by atoms with Crippen LogP contribution in [0.3, 0.4) is 0 Å². The monoisotopic (exact) mass is 226 g/mol. The van der Waals surface area contributed by atoms with E-state index in [4.69, 9.17) is 0 Å². The lowest BCUT2D eigenvalue weighted by Gasteiger charge is -2.31. The van der Waals surface area contributed by atoms with E-state index in [1.807, 2.05) is 0 Å². The summed E-state index contributed by atoms with van der Waals surface area (Å²) in [6.45, 7) is 11.8. The third-order valence-corrected chi connectivity index (χ3v) is 4.01. The first-order valence-electron chi connectivity index (χ1n) is 7.09. The van der Waals surface area contributed by atoms with Crippen molar-refractivity contribution in [3.8, 4) is 0 Å². The molecule has 16 heavy (non-hydrogen) atoms. The molecule has 0 radical (unpaired) electrons. The largest absolute Gasteiger partial charge is 0.291 e. The van der Waals surface area contributed by atoms with Gasteiger partial charge in [-0.3, -0.25) is 9.80 Å². The summed E-state index contributed by atoms with van der Waals surface area (Å²) in [5.41, 5.74) is 0. The maximum absolute atomic E-state index is 2.68. The molecule has 0 saturated carbocycles. The normalized spacial score (nSPS) is 28.1. The fourth-order valence-electron chi connectivity index (χ4n) is 2.67. The molecule has 0 aromatic rings. The first-order chi connectivity index (χ1) is 7.63. The summed E-state index contributed by atoms with van der Waals surface area (Å²) < 4.78 is 0. The Labute approximate surface area is 102 Å². The Bertz CT molecular complexity index is 193. The van der Waals surface area contributed by atoms with Crippen molar-refractivity contribution in [1.82, 2.24) is 9.80 Å². The van der Waals surface area contributed by atoms with Gasteiger partial charge in [0.25, 0.3) is 0 Å². The lowest BCUT2D eigenvalue weighted by atomic mass is 10.00. The van der Waals surface area contributed by atoms with Gasteiger partial charge in [0.05, 0.1) is 6.17 Å². The van der Waals surface area contributed by atoms with E-state index >= 15 is 0 Å². The van der Waals surface area contributed by atoms with E-state index in [9.17, 15) is 0 Å².